The highest BCUT2D eigenvalue weighted by Crippen LogP contribution is 2.25. The van der Waals surface area contributed by atoms with Crippen LogP contribution in [0.5, 0.6) is 0 Å². The average molecular weight is 320 g/mol. The maximum atomic E-state index is 4.14. The van der Waals surface area contributed by atoms with E-state index in [2.05, 4.69) is 76.1 Å². The van der Waals surface area contributed by atoms with E-state index in [1.807, 2.05) is 12.4 Å². The lowest BCUT2D eigenvalue weighted by atomic mass is 10.1. The van der Waals surface area contributed by atoms with Gasteiger partial charge in [-0.2, -0.15) is 0 Å². The van der Waals surface area contributed by atoms with Gasteiger partial charge >= 0.3 is 0 Å². The van der Waals surface area contributed by atoms with Crippen LogP contribution in [-0.4, -0.2) is 40.0 Å². The quantitative estimate of drug-likeness (QED) is 0.800. The van der Waals surface area contributed by atoms with Crippen LogP contribution in [0.4, 0.5) is 5.69 Å². The smallest absolute Gasteiger partial charge is 0.0456 e. The second kappa shape index (κ2) is 6.29. The average Bonchev–Trinajstić information content (AvgIpc) is 2.97. The van der Waals surface area contributed by atoms with Crippen LogP contribution in [0, 0.1) is 0 Å². The van der Waals surface area contributed by atoms with Gasteiger partial charge < -0.3 is 9.88 Å². The van der Waals surface area contributed by atoms with Gasteiger partial charge in [0.2, 0.25) is 0 Å². The molecule has 3 aromatic rings. The van der Waals surface area contributed by atoms with Gasteiger partial charge in [-0.3, -0.25) is 9.88 Å². The van der Waals surface area contributed by atoms with Gasteiger partial charge in [0.05, 0.1) is 0 Å². The lowest BCUT2D eigenvalue weighted by molar-refractivity contribution is 0.191. The fourth-order valence-electron chi connectivity index (χ4n) is 4.05. The van der Waals surface area contributed by atoms with Crippen molar-refractivity contribution in [3.63, 3.8) is 0 Å². The summed E-state index contributed by atoms with van der Waals surface area (Å²) in [6.07, 6.45) is 3.76. The predicted molar refractivity (Wildman–Crippen MR) is 99.2 cm³/mol. The molecule has 1 fully saturated rings. The van der Waals surface area contributed by atoms with Gasteiger partial charge in [-0.05, 0) is 43.5 Å². The molecule has 1 saturated heterocycles. The Balaban J connectivity index is 1.49. The summed E-state index contributed by atoms with van der Waals surface area (Å²) in [6, 6.07) is 16.0. The molecule has 1 aromatic carbocycles. The van der Waals surface area contributed by atoms with Crippen molar-refractivity contribution in [3.8, 4) is 0 Å². The molecule has 1 aliphatic rings. The summed E-state index contributed by atoms with van der Waals surface area (Å²) >= 11 is 0. The number of benzene rings is 1. The Labute approximate surface area is 143 Å². The summed E-state index contributed by atoms with van der Waals surface area (Å²) in [5, 5.41) is 1.30. The number of pyridine rings is 1. The summed E-state index contributed by atoms with van der Waals surface area (Å²) in [5.41, 5.74) is 3.80. The highest BCUT2D eigenvalue weighted by Gasteiger charge is 2.29. The van der Waals surface area contributed by atoms with E-state index in [0.29, 0.717) is 12.1 Å². The molecule has 124 valence electrons. The van der Waals surface area contributed by atoms with Crippen LogP contribution in [0.3, 0.4) is 0 Å². The first-order chi connectivity index (χ1) is 11.7. The standard InChI is InChI=1S/C20H24N4/c1-15-12-23(13-16(2)24(15)19-7-9-21-10-8-19)14-18-11-17-5-3-4-6-20(17)22-18/h3-11,15-16,22H,12-14H2,1-2H3/t15-,16+. The van der Waals surface area contributed by atoms with Crippen molar-refractivity contribution < 1.29 is 0 Å². The van der Waals surface area contributed by atoms with E-state index in [-0.39, 0.29) is 0 Å². The molecule has 0 spiro atoms. The van der Waals surface area contributed by atoms with Crippen molar-refractivity contribution >= 4 is 16.6 Å². The number of anilines is 1. The van der Waals surface area contributed by atoms with Gasteiger partial charge in [0, 0.05) is 61.0 Å². The molecule has 0 amide bonds. The van der Waals surface area contributed by atoms with Crippen LogP contribution >= 0.6 is 0 Å². The minimum Gasteiger partial charge on any atom is -0.363 e. The minimum atomic E-state index is 0.487. The Hall–Kier alpha value is -2.33. The molecule has 0 saturated carbocycles. The fourth-order valence-corrected chi connectivity index (χ4v) is 4.05. The largest absolute Gasteiger partial charge is 0.363 e. The first-order valence-corrected chi connectivity index (χ1v) is 8.68. The molecule has 1 aliphatic heterocycles. The number of para-hydroxylation sites is 1. The van der Waals surface area contributed by atoms with E-state index in [1.165, 1.54) is 22.3 Å². The Bertz CT molecular complexity index is 766. The minimum absolute atomic E-state index is 0.487. The number of nitrogens with zero attached hydrogens (tertiary/aromatic N) is 3. The third kappa shape index (κ3) is 2.89. The Morgan fingerprint density at radius 2 is 1.75 bits per heavy atom. The van der Waals surface area contributed by atoms with E-state index in [9.17, 15) is 0 Å². The van der Waals surface area contributed by atoms with E-state index < -0.39 is 0 Å². The van der Waals surface area contributed by atoms with Crippen LogP contribution in [0.2, 0.25) is 0 Å². The molecule has 4 nitrogen and oxygen atoms in total. The number of fused-ring (bicyclic) bond motifs is 1. The Morgan fingerprint density at radius 3 is 2.46 bits per heavy atom. The molecule has 1 N–H and O–H groups in total. The van der Waals surface area contributed by atoms with E-state index in [4.69, 9.17) is 0 Å². The van der Waals surface area contributed by atoms with Crippen molar-refractivity contribution in [2.24, 2.45) is 0 Å². The second-order valence-corrected chi connectivity index (χ2v) is 6.89. The molecule has 0 bridgehead atoms. The molecule has 0 aliphatic carbocycles. The number of aromatic amines is 1. The summed E-state index contributed by atoms with van der Waals surface area (Å²) in [6.45, 7) is 7.75. The van der Waals surface area contributed by atoms with Gasteiger partial charge in [0.1, 0.15) is 0 Å². The molecular weight excluding hydrogens is 296 g/mol. The van der Waals surface area contributed by atoms with Crippen LogP contribution < -0.4 is 4.90 Å². The SMILES string of the molecule is C[C@@H]1CN(Cc2cc3ccccc3[nH]2)C[C@H](C)N1c1ccncc1. The number of H-pyrrole nitrogens is 1. The normalized spacial score (nSPS) is 22.2. The summed E-state index contributed by atoms with van der Waals surface area (Å²) < 4.78 is 0. The van der Waals surface area contributed by atoms with Crippen molar-refractivity contribution in [1.82, 2.24) is 14.9 Å². The molecule has 2 aromatic heterocycles. The lowest BCUT2D eigenvalue weighted by Crippen LogP contribution is -2.56. The molecule has 4 rings (SSSR count). The highest BCUT2D eigenvalue weighted by atomic mass is 15.3. The van der Waals surface area contributed by atoms with Crippen molar-refractivity contribution in [1.29, 1.82) is 0 Å². The topological polar surface area (TPSA) is 35.2 Å². The van der Waals surface area contributed by atoms with Crippen LogP contribution in [0.1, 0.15) is 19.5 Å². The summed E-state index contributed by atoms with van der Waals surface area (Å²) in [7, 11) is 0. The summed E-state index contributed by atoms with van der Waals surface area (Å²) in [4.78, 5) is 12.8. The third-order valence-corrected chi connectivity index (χ3v) is 4.94. The van der Waals surface area contributed by atoms with Crippen molar-refractivity contribution in [2.75, 3.05) is 18.0 Å². The Morgan fingerprint density at radius 1 is 1.04 bits per heavy atom. The van der Waals surface area contributed by atoms with Gasteiger partial charge in [-0.25, -0.2) is 0 Å². The Kier molecular flexibility index (Phi) is 3.98. The molecular formula is C20H24N4. The van der Waals surface area contributed by atoms with Crippen LogP contribution in [0.25, 0.3) is 10.9 Å². The molecule has 0 unspecified atom stereocenters. The highest BCUT2D eigenvalue weighted by molar-refractivity contribution is 5.80. The second-order valence-electron chi connectivity index (χ2n) is 6.89. The van der Waals surface area contributed by atoms with Crippen molar-refractivity contribution in [2.45, 2.75) is 32.5 Å². The number of hydrogen-bond acceptors (Lipinski definition) is 3. The molecule has 4 heteroatoms. The zero-order valence-electron chi connectivity index (χ0n) is 14.3. The monoisotopic (exact) mass is 320 g/mol. The van der Waals surface area contributed by atoms with Crippen molar-refractivity contribution in [3.05, 3.63) is 60.6 Å². The first kappa shape index (κ1) is 15.2. The third-order valence-electron chi connectivity index (χ3n) is 4.94. The van der Waals surface area contributed by atoms with Gasteiger partial charge in [0.25, 0.3) is 0 Å². The van der Waals surface area contributed by atoms with Crippen LogP contribution in [-0.2, 0) is 6.54 Å². The molecule has 3 heterocycles. The number of aromatic nitrogens is 2. The molecule has 0 radical (unpaired) electrons. The summed E-state index contributed by atoms with van der Waals surface area (Å²) in [5.74, 6) is 0. The predicted octanol–water partition coefficient (Wildman–Crippen LogP) is 3.66. The van der Waals surface area contributed by atoms with Crippen LogP contribution in [0.15, 0.2) is 54.9 Å². The number of piperazine rings is 1. The van der Waals surface area contributed by atoms with E-state index in [0.717, 1.165) is 19.6 Å². The fraction of sp³-hybridized carbons (Fsp3) is 0.350. The molecule has 24 heavy (non-hydrogen) atoms. The van der Waals surface area contributed by atoms with Gasteiger partial charge in [-0.15, -0.1) is 0 Å². The lowest BCUT2D eigenvalue weighted by Gasteiger charge is -2.45. The first-order valence-electron chi connectivity index (χ1n) is 8.68. The zero-order chi connectivity index (χ0) is 16.5. The van der Waals surface area contributed by atoms with E-state index in [1.54, 1.807) is 0 Å². The number of hydrogen-bond donors (Lipinski definition) is 1. The number of nitrogens with one attached hydrogen (secondary N) is 1. The van der Waals surface area contributed by atoms with Gasteiger partial charge in [-0.1, -0.05) is 18.2 Å². The maximum Gasteiger partial charge on any atom is 0.0456 e. The molecule has 2 atom stereocenters. The number of rotatable bonds is 3. The maximum absolute atomic E-state index is 4.14. The van der Waals surface area contributed by atoms with E-state index >= 15 is 0 Å². The van der Waals surface area contributed by atoms with Gasteiger partial charge in [0.15, 0.2) is 0 Å². The zero-order valence-corrected chi connectivity index (χ0v) is 14.3.